The molecule has 0 saturated carbocycles. The normalized spacial score (nSPS) is 10.7. The van der Waals surface area contributed by atoms with Crippen molar-refractivity contribution in [2.45, 2.75) is 6.42 Å². The molecule has 0 aliphatic carbocycles. The van der Waals surface area contributed by atoms with Crippen molar-refractivity contribution in [3.8, 4) is 22.8 Å². The van der Waals surface area contributed by atoms with E-state index in [-0.39, 0.29) is 12.0 Å². The van der Waals surface area contributed by atoms with Crippen molar-refractivity contribution in [1.29, 1.82) is 0 Å². The van der Waals surface area contributed by atoms with E-state index in [4.69, 9.17) is 9.47 Å². The number of carbonyl (C=O) groups is 2. The number of hydrogen-bond acceptors (Lipinski definition) is 4. The molecule has 0 atom stereocenters. The van der Waals surface area contributed by atoms with E-state index in [0.29, 0.717) is 39.2 Å². The number of aromatic carboxylic acids is 1. The fraction of sp³-hybridized carbons (Fsp3) is 0.158. The van der Waals surface area contributed by atoms with Gasteiger partial charge in [-0.1, -0.05) is 0 Å². The second-order valence-corrected chi connectivity index (χ2v) is 5.68. The zero-order valence-corrected chi connectivity index (χ0v) is 14.2. The van der Waals surface area contributed by atoms with E-state index >= 15 is 0 Å². The molecule has 26 heavy (non-hydrogen) atoms. The average Bonchev–Trinajstić information content (AvgIpc) is 2.98. The van der Waals surface area contributed by atoms with E-state index < -0.39 is 11.9 Å². The summed E-state index contributed by atoms with van der Waals surface area (Å²) in [6.07, 6.45) is -0.256. The second-order valence-electron chi connectivity index (χ2n) is 5.68. The van der Waals surface area contributed by atoms with E-state index in [1.807, 2.05) is 0 Å². The van der Waals surface area contributed by atoms with Crippen LogP contribution in [0.2, 0.25) is 0 Å². The number of methoxy groups -OCH3 is 2. The highest BCUT2D eigenvalue weighted by Crippen LogP contribution is 2.38. The molecule has 0 spiro atoms. The third kappa shape index (κ3) is 3.06. The Kier molecular flexibility index (Phi) is 4.53. The number of rotatable bonds is 6. The Morgan fingerprint density at radius 3 is 2.42 bits per heavy atom. The maximum Gasteiger partial charge on any atom is 0.335 e. The van der Waals surface area contributed by atoms with Crippen molar-refractivity contribution < 1.29 is 29.3 Å². The molecular weight excluding hydrogens is 338 g/mol. The number of aromatic nitrogens is 1. The number of carboxylic acid groups (broad SMARTS) is 2. The Balaban J connectivity index is 2.28. The van der Waals surface area contributed by atoms with Gasteiger partial charge in [-0.2, -0.15) is 0 Å². The van der Waals surface area contributed by atoms with Crippen LogP contribution in [0.5, 0.6) is 11.5 Å². The SMILES string of the molecule is COc1ccc(-c2[nH]c3ccc(C(=O)O)cc3c2CC(=O)O)c(OC)c1. The fourth-order valence-corrected chi connectivity index (χ4v) is 2.95. The first kappa shape index (κ1) is 17.3. The van der Waals surface area contributed by atoms with Gasteiger partial charge in [0.1, 0.15) is 11.5 Å². The number of carboxylic acids is 2. The molecule has 3 aromatic rings. The van der Waals surface area contributed by atoms with E-state index in [1.165, 1.54) is 19.2 Å². The fourth-order valence-electron chi connectivity index (χ4n) is 2.95. The Morgan fingerprint density at radius 2 is 1.81 bits per heavy atom. The molecule has 2 aromatic carbocycles. The molecule has 7 heteroatoms. The lowest BCUT2D eigenvalue weighted by Gasteiger charge is -2.11. The smallest absolute Gasteiger partial charge is 0.335 e. The number of aromatic amines is 1. The summed E-state index contributed by atoms with van der Waals surface area (Å²) in [6.45, 7) is 0. The van der Waals surface area contributed by atoms with Crippen LogP contribution < -0.4 is 9.47 Å². The van der Waals surface area contributed by atoms with Gasteiger partial charge in [0.05, 0.1) is 31.9 Å². The predicted octanol–water partition coefficient (Wildman–Crippen LogP) is 3.18. The van der Waals surface area contributed by atoms with Gasteiger partial charge in [0.15, 0.2) is 0 Å². The lowest BCUT2D eigenvalue weighted by Crippen LogP contribution is -2.02. The lowest BCUT2D eigenvalue weighted by molar-refractivity contribution is -0.136. The van der Waals surface area contributed by atoms with Crippen LogP contribution in [-0.2, 0) is 11.2 Å². The predicted molar refractivity (Wildman–Crippen MR) is 95.1 cm³/mol. The summed E-state index contributed by atoms with van der Waals surface area (Å²) >= 11 is 0. The molecule has 0 saturated heterocycles. The topological polar surface area (TPSA) is 109 Å². The van der Waals surface area contributed by atoms with Gasteiger partial charge in [-0.15, -0.1) is 0 Å². The van der Waals surface area contributed by atoms with Gasteiger partial charge < -0.3 is 24.7 Å². The van der Waals surface area contributed by atoms with Gasteiger partial charge in [0, 0.05) is 22.5 Å². The van der Waals surface area contributed by atoms with Crippen LogP contribution in [0.4, 0.5) is 0 Å². The number of ether oxygens (including phenoxy) is 2. The van der Waals surface area contributed by atoms with Crippen LogP contribution in [0.25, 0.3) is 22.2 Å². The van der Waals surface area contributed by atoms with Crippen LogP contribution in [0, 0.1) is 0 Å². The molecule has 1 aromatic heterocycles. The van der Waals surface area contributed by atoms with Crippen molar-refractivity contribution in [2.75, 3.05) is 14.2 Å². The Hall–Kier alpha value is -3.48. The van der Waals surface area contributed by atoms with E-state index in [2.05, 4.69) is 4.98 Å². The summed E-state index contributed by atoms with van der Waals surface area (Å²) in [5.41, 5.74) is 2.48. The molecule has 3 rings (SSSR count). The maximum absolute atomic E-state index is 11.4. The third-order valence-corrected chi connectivity index (χ3v) is 4.16. The van der Waals surface area contributed by atoms with Gasteiger partial charge in [0.2, 0.25) is 0 Å². The molecule has 0 fully saturated rings. The highest BCUT2D eigenvalue weighted by atomic mass is 16.5. The molecule has 0 aliphatic heterocycles. The number of benzene rings is 2. The number of aliphatic carboxylic acids is 1. The largest absolute Gasteiger partial charge is 0.497 e. The minimum Gasteiger partial charge on any atom is -0.497 e. The van der Waals surface area contributed by atoms with Crippen LogP contribution >= 0.6 is 0 Å². The quantitative estimate of drug-likeness (QED) is 0.627. The van der Waals surface area contributed by atoms with E-state index in [9.17, 15) is 19.8 Å². The van der Waals surface area contributed by atoms with Crippen molar-refractivity contribution in [1.82, 2.24) is 4.98 Å². The number of hydrogen-bond donors (Lipinski definition) is 3. The Morgan fingerprint density at radius 1 is 1.04 bits per heavy atom. The standard InChI is InChI=1S/C19H17NO6/c1-25-11-4-5-12(16(8-11)26-2)18-14(9-17(21)22)13-7-10(19(23)24)3-6-15(13)20-18/h3-8,20H,9H2,1-2H3,(H,21,22)(H,23,24). The highest BCUT2D eigenvalue weighted by Gasteiger charge is 2.20. The van der Waals surface area contributed by atoms with Gasteiger partial charge in [-0.05, 0) is 35.9 Å². The Labute approximate surface area is 148 Å². The summed E-state index contributed by atoms with van der Waals surface area (Å²) in [4.78, 5) is 25.8. The zero-order valence-electron chi connectivity index (χ0n) is 14.2. The molecular formula is C19H17NO6. The summed E-state index contributed by atoms with van der Waals surface area (Å²) in [5, 5.41) is 19.1. The lowest BCUT2D eigenvalue weighted by atomic mass is 10.0. The van der Waals surface area contributed by atoms with Gasteiger partial charge in [0.25, 0.3) is 0 Å². The number of nitrogens with one attached hydrogen (secondary N) is 1. The minimum absolute atomic E-state index is 0.0939. The summed E-state index contributed by atoms with van der Waals surface area (Å²) < 4.78 is 10.6. The monoisotopic (exact) mass is 355 g/mol. The van der Waals surface area contributed by atoms with Crippen LogP contribution in [0.3, 0.4) is 0 Å². The molecule has 0 radical (unpaired) electrons. The summed E-state index contributed by atoms with van der Waals surface area (Å²) in [7, 11) is 3.06. The first-order chi connectivity index (χ1) is 12.4. The molecule has 7 nitrogen and oxygen atoms in total. The molecule has 1 heterocycles. The van der Waals surface area contributed by atoms with Crippen LogP contribution in [-0.4, -0.2) is 41.4 Å². The van der Waals surface area contributed by atoms with Crippen molar-refractivity contribution >= 4 is 22.8 Å². The molecule has 0 bridgehead atoms. The number of H-pyrrole nitrogens is 1. The van der Waals surface area contributed by atoms with E-state index in [0.717, 1.165) is 0 Å². The highest BCUT2D eigenvalue weighted by molar-refractivity contribution is 5.99. The van der Waals surface area contributed by atoms with Gasteiger partial charge >= 0.3 is 11.9 Å². The molecule has 134 valence electrons. The molecule has 0 aliphatic rings. The van der Waals surface area contributed by atoms with Gasteiger partial charge in [-0.25, -0.2) is 4.79 Å². The molecule has 0 amide bonds. The maximum atomic E-state index is 11.4. The third-order valence-electron chi connectivity index (χ3n) is 4.16. The zero-order chi connectivity index (χ0) is 18.8. The summed E-state index contributed by atoms with van der Waals surface area (Å²) in [5.74, 6) is -0.964. The van der Waals surface area contributed by atoms with Crippen molar-refractivity contribution in [3.63, 3.8) is 0 Å². The summed E-state index contributed by atoms with van der Waals surface area (Å²) in [6, 6.07) is 9.80. The first-order valence-corrected chi connectivity index (χ1v) is 7.76. The minimum atomic E-state index is -1.07. The second kappa shape index (κ2) is 6.79. The molecule has 3 N–H and O–H groups in total. The Bertz CT molecular complexity index is 1000. The van der Waals surface area contributed by atoms with Crippen LogP contribution in [0.1, 0.15) is 15.9 Å². The van der Waals surface area contributed by atoms with Crippen molar-refractivity contribution in [3.05, 3.63) is 47.5 Å². The van der Waals surface area contributed by atoms with Crippen LogP contribution in [0.15, 0.2) is 36.4 Å². The van der Waals surface area contributed by atoms with Crippen molar-refractivity contribution in [2.24, 2.45) is 0 Å². The van der Waals surface area contributed by atoms with Gasteiger partial charge in [-0.3, -0.25) is 4.79 Å². The average molecular weight is 355 g/mol. The van der Waals surface area contributed by atoms with E-state index in [1.54, 1.807) is 31.4 Å². The molecule has 0 unspecified atom stereocenters. The number of fused-ring (bicyclic) bond motifs is 1. The first-order valence-electron chi connectivity index (χ1n) is 7.76.